The highest BCUT2D eigenvalue weighted by molar-refractivity contribution is 5.96. The van der Waals surface area contributed by atoms with Crippen LogP contribution in [0.2, 0.25) is 0 Å². The Morgan fingerprint density at radius 3 is 2.46 bits per heavy atom. The van der Waals surface area contributed by atoms with Gasteiger partial charge < -0.3 is 15.7 Å². The van der Waals surface area contributed by atoms with E-state index in [1.54, 1.807) is 24.3 Å². The second kappa shape index (κ2) is 11.4. The molecule has 1 unspecified atom stereocenters. The van der Waals surface area contributed by atoms with Gasteiger partial charge in [-0.15, -0.1) is 0 Å². The van der Waals surface area contributed by atoms with Gasteiger partial charge in [-0.3, -0.25) is 14.0 Å². The van der Waals surface area contributed by atoms with Gasteiger partial charge >= 0.3 is 5.97 Å². The van der Waals surface area contributed by atoms with E-state index >= 15 is 0 Å². The number of carbonyl (C=O) groups is 2. The number of benzene rings is 2. The first-order valence-electron chi connectivity index (χ1n) is 13.3. The van der Waals surface area contributed by atoms with E-state index in [1.165, 1.54) is 19.3 Å². The predicted octanol–water partition coefficient (Wildman–Crippen LogP) is 5.87. The number of fused-ring (bicyclic) bond motifs is 1. The zero-order valence-corrected chi connectivity index (χ0v) is 21.9. The number of nitriles is 1. The van der Waals surface area contributed by atoms with Gasteiger partial charge in [-0.05, 0) is 49.6 Å². The van der Waals surface area contributed by atoms with Gasteiger partial charge in [-0.25, -0.2) is 4.98 Å². The molecule has 8 heteroatoms. The molecule has 0 radical (unpaired) electrons. The van der Waals surface area contributed by atoms with Gasteiger partial charge in [0.25, 0.3) is 5.91 Å². The highest BCUT2D eigenvalue weighted by Crippen LogP contribution is 2.32. The maximum absolute atomic E-state index is 13.3. The van der Waals surface area contributed by atoms with Crippen LogP contribution in [0.15, 0.2) is 66.9 Å². The van der Waals surface area contributed by atoms with Crippen molar-refractivity contribution in [1.82, 2.24) is 14.7 Å². The van der Waals surface area contributed by atoms with E-state index in [2.05, 4.69) is 16.7 Å². The van der Waals surface area contributed by atoms with E-state index in [1.807, 2.05) is 53.9 Å². The van der Waals surface area contributed by atoms with Gasteiger partial charge in [-0.2, -0.15) is 5.26 Å². The van der Waals surface area contributed by atoms with Crippen molar-refractivity contribution < 1.29 is 14.7 Å². The van der Waals surface area contributed by atoms with Crippen LogP contribution in [0.5, 0.6) is 0 Å². The first-order chi connectivity index (χ1) is 18.9. The number of hydrogen-bond donors (Lipinski definition) is 3. The third-order valence-corrected chi connectivity index (χ3v) is 7.29. The van der Waals surface area contributed by atoms with Crippen LogP contribution in [0, 0.1) is 18.3 Å². The summed E-state index contributed by atoms with van der Waals surface area (Å²) in [6, 6.07) is 20.1. The number of amides is 1. The van der Waals surface area contributed by atoms with Crippen molar-refractivity contribution in [2.24, 2.45) is 0 Å². The third-order valence-electron chi connectivity index (χ3n) is 7.29. The molecule has 8 nitrogen and oxygen atoms in total. The fourth-order valence-electron chi connectivity index (χ4n) is 5.14. The number of imidazole rings is 1. The fourth-order valence-corrected chi connectivity index (χ4v) is 5.14. The summed E-state index contributed by atoms with van der Waals surface area (Å²) in [5, 5.41) is 25.2. The van der Waals surface area contributed by atoms with E-state index in [9.17, 15) is 20.0 Å². The second-order valence-corrected chi connectivity index (χ2v) is 10.2. The monoisotopic (exact) mass is 521 g/mol. The van der Waals surface area contributed by atoms with E-state index in [0.29, 0.717) is 22.8 Å². The standard InChI is InChI=1S/C31H31N5O3/c1-20-7-11-22(12-8-20)26(18-28(37)38)34-31(39)24-15-16-36-27(17-24)35-29(23-13-9-21(19-32)10-14-23)30(36)33-25-5-3-2-4-6-25/h7-17,25-26,33H,2-6,18H2,1H3,(H,34,39)(H,37,38). The minimum Gasteiger partial charge on any atom is -0.481 e. The zero-order chi connectivity index (χ0) is 27.4. The molecular formula is C31H31N5O3. The molecule has 2 aromatic carbocycles. The van der Waals surface area contributed by atoms with Gasteiger partial charge in [0, 0.05) is 23.4 Å². The first kappa shape index (κ1) is 26.0. The molecule has 2 aromatic heterocycles. The van der Waals surface area contributed by atoms with Crippen molar-refractivity contribution in [3.8, 4) is 17.3 Å². The number of pyridine rings is 1. The van der Waals surface area contributed by atoms with E-state index < -0.39 is 12.0 Å². The summed E-state index contributed by atoms with van der Waals surface area (Å²) >= 11 is 0. The number of nitrogens with one attached hydrogen (secondary N) is 2. The summed E-state index contributed by atoms with van der Waals surface area (Å²) in [5.41, 5.74) is 5.00. The molecule has 1 amide bonds. The number of carbonyl (C=O) groups excluding carboxylic acids is 1. The highest BCUT2D eigenvalue weighted by atomic mass is 16.4. The Morgan fingerprint density at radius 2 is 1.79 bits per heavy atom. The van der Waals surface area contributed by atoms with Crippen molar-refractivity contribution in [1.29, 1.82) is 5.26 Å². The second-order valence-electron chi connectivity index (χ2n) is 10.2. The van der Waals surface area contributed by atoms with E-state index in [4.69, 9.17) is 4.98 Å². The van der Waals surface area contributed by atoms with Crippen molar-refractivity contribution in [3.05, 3.63) is 89.1 Å². The number of rotatable bonds is 8. The van der Waals surface area contributed by atoms with E-state index in [-0.39, 0.29) is 12.3 Å². The van der Waals surface area contributed by atoms with Crippen LogP contribution >= 0.6 is 0 Å². The predicted molar refractivity (Wildman–Crippen MR) is 149 cm³/mol. The smallest absolute Gasteiger partial charge is 0.305 e. The Kier molecular flexibility index (Phi) is 7.60. The Balaban J connectivity index is 1.48. The number of carboxylic acid groups (broad SMARTS) is 1. The lowest BCUT2D eigenvalue weighted by atomic mass is 9.95. The lowest BCUT2D eigenvalue weighted by Crippen LogP contribution is -2.30. The zero-order valence-electron chi connectivity index (χ0n) is 21.9. The fraction of sp³-hybridized carbons (Fsp3) is 0.290. The van der Waals surface area contributed by atoms with Gasteiger partial charge in [0.15, 0.2) is 0 Å². The number of aliphatic carboxylic acids is 1. The Bertz CT molecular complexity index is 1530. The topological polar surface area (TPSA) is 120 Å². The number of aryl methyl sites for hydroxylation is 1. The molecule has 0 bridgehead atoms. The average Bonchev–Trinajstić information content (AvgIpc) is 3.30. The molecule has 1 fully saturated rings. The molecule has 198 valence electrons. The van der Waals surface area contributed by atoms with E-state index in [0.717, 1.165) is 41.0 Å². The molecule has 1 saturated carbocycles. The van der Waals surface area contributed by atoms with Crippen LogP contribution in [-0.2, 0) is 4.79 Å². The van der Waals surface area contributed by atoms with Gasteiger partial charge in [0.2, 0.25) is 0 Å². The molecule has 0 saturated heterocycles. The summed E-state index contributed by atoms with van der Waals surface area (Å²) in [7, 11) is 0. The van der Waals surface area contributed by atoms with Crippen LogP contribution in [0.3, 0.4) is 0 Å². The average molecular weight is 522 g/mol. The lowest BCUT2D eigenvalue weighted by Gasteiger charge is -2.24. The van der Waals surface area contributed by atoms with Crippen LogP contribution in [0.1, 0.15) is 71.6 Å². The Hall–Kier alpha value is -4.64. The summed E-state index contributed by atoms with van der Waals surface area (Å²) < 4.78 is 1.95. The summed E-state index contributed by atoms with van der Waals surface area (Å²) in [5.74, 6) is -0.499. The quantitative estimate of drug-likeness (QED) is 0.267. The third kappa shape index (κ3) is 5.93. The van der Waals surface area contributed by atoms with Crippen molar-refractivity contribution in [3.63, 3.8) is 0 Å². The molecule has 0 aliphatic heterocycles. The molecular weight excluding hydrogens is 490 g/mol. The first-order valence-corrected chi connectivity index (χ1v) is 13.3. The molecule has 39 heavy (non-hydrogen) atoms. The number of hydrogen-bond acceptors (Lipinski definition) is 5. The number of aromatic nitrogens is 2. The van der Waals surface area contributed by atoms with Crippen molar-refractivity contribution in [2.75, 3.05) is 5.32 Å². The van der Waals surface area contributed by atoms with Crippen molar-refractivity contribution >= 4 is 23.3 Å². The number of anilines is 1. The van der Waals surface area contributed by atoms with Crippen LogP contribution < -0.4 is 10.6 Å². The summed E-state index contributed by atoms with van der Waals surface area (Å²) in [6.07, 6.45) is 7.39. The maximum atomic E-state index is 13.3. The summed E-state index contributed by atoms with van der Waals surface area (Å²) in [6.45, 7) is 1.96. The molecule has 1 atom stereocenters. The minimum absolute atomic E-state index is 0.223. The number of carboxylic acids is 1. The normalized spacial score (nSPS) is 14.5. The van der Waals surface area contributed by atoms with Gasteiger partial charge in [0.05, 0.1) is 24.1 Å². The molecule has 3 N–H and O–H groups in total. The molecule has 1 aliphatic rings. The van der Waals surface area contributed by atoms with Crippen LogP contribution in [-0.4, -0.2) is 32.4 Å². The van der Waals surface area contributed by atoms with Crippen molar-refractivity contribution in [2.45, 2.75) is 57.5 Å². The largest absolute Gasteiger partial charge is 0.481 e. The molecule has 4 aromatic rings. The van der Waals surface area contributed by atoms with Crippen LogP contribution in [0.25, 0.3) is 16.9 Å². The van der Waals surface area contributed by atoms with Gasteiger partial charge in [-0.1, -0.05) is 61.2 Å². The molecule has 5 rings (SSSR count). The lowest BCUT2D eigenvalue weighted by molar-refractivity contribution is -0.137. The number of nitrogens with zero attached hydrogens (tertiary/aromatic N) is 3. The molecule has 0 spiro atoms. The maximum Gasteiger partial charge on any atom is 0.305 e. The molecule has 2 heterocycles. The summed E-state index contributed by atoms with van der Waals surface area (Å²) in [4.78, 5) is 29.7. The Morgan fingerprint density at radius 1 is 1.08 bits per heavy atom. The highest BCUT2D eigenvalue weighted by Gasteiger charge is 2.22. The van der Waals surface area contributed by atoms with Gasteiger partial charge in [0.1, 0.15) is 17.2 Å². The van der Waals surface area contributed by atoms with Crippen LogP contribution in [0.4, 0.5) is 5.82 Å². The molecule has 1 aliphatic carbocycles. The minimum atomic E-state index is -0.991. The Labute approximate surface area is 227 Å². The SMILES string of the molecule is Cc1ccc(C(CC(=O)O)NC(=O)c2ccn3c(NC4CCCCC4)c(-c4ccc(C#N)cc4)nc3c2)cc1.